The minimum atomic E-state index is -1.12. The number of carbonyl (C=O) groups excluding carboxylic acids is 2. The van der Waals surface area contributed by atoms with Gasteiger partial charge in [0.25, 0.3) is 5.91 Å². The van der Waals surface area contributed by atoms with Crippen LogP contribution in [0.15, 0.2) is 102 Å². The summed E-state index contributed by atoms with van der Waals surface area (Å²) in [4.78, 5) is 38.1. The van der Waals surface area contributed by atoms with Gasteiger partial charge in [-0.3, -0.25) is 9.59 Å². The smallest absolute Gasteiger partial charge is 0.335 e. The molecular weight excluding hydrogens is 524 g/mol. The predicted molar refractivity (Wildman–Crippen MR) is 149 cm³/mol. The molecule has 0 fully saturated rings. The van der Waals surface area contributed by atoms with Crippen LogP contribution in [-0.2, 0) is 4.79 Å². The molecule has 192 valence electrons. The van der Waals surface area contributed by atoms with Crippen molar-refractivity contribution in [3.63, 3.8) is 0 Å². The fourth-order valence-corrected chi connectivity index (χ4v) is 4.76. The number of anilines is 2. The number of carboxylic acids is 1. The maximum Gasteiger partial charge on any atom is 0.335 e. The first-order valence-electron chi connectivity index (χ1n) is 11.4. The van der Waals surface area contributed by atoms with E-state index in [9.17, 15) is 19.5 Å². The van der Waals surface area contributed by atoms with Crippen molar-refractivity contribution in [3.05, 3.63) is 119 Å². The molecule has 0 heterocycles. The molecule has 0 saturated heterocycles. The molecule has 4 aromatic carbocycles. The third kappa shape index (κ3) is 6.73. The number of hydrogen-bond acceptors (Lipinski definition) is 5. The molecule has 0 aliphatic carbocycles. The Morgan fingerprint density at radius 3 is 2.26 bits per heavy atom. The number of nitrogens with one attached hydrogen (secondary N) is 2. The van der Waals surface area contributed by atoms with Crippen LogP contribution in [-0.4, -0.2) is 30.0 Å². The number of hydrogen-bond donors (Lipinski definition) is 3. The topological polar surface area (TPSA) is 105 Å². The number of amides is 2. The number of ether oxygens (including phenoxy) is 1. The molecule has 0 aliphatic heterocycles. The van der Waals surface area contributed by atoms with Crippen LogP contribution in [0, 0.1) is 0 Å². The normalized spacial score (nSPS) is 11.3. The number of aromatic carboxylic acids is 1. The van der Waals surface area contributed by atoms with E-state index in [0.717, 1.165) is 10.5 Å². The number of rotatable bonds is 9. The fraction of sp³-hybridized carbons (Fsp3) is 0.0690. The molecule has 7 nitrogen and oxygen atoms in total. The van der Waals surface area contributed by atoms with E-state index < -0.39 is 11.2 Å². The van der Waals surface area contributed by atoms with Crippen molar-refractivity contribution < 1.29 is 24.2 Å². The van der Waals surface area contributed by atoms with Crippen molar-refractivity contribution in [2.24, 2.45) is 0 Å². The van der Waals surface area contributed by atoms with Crippen molar-refractivity contribution in [2.45, 2.75) is 10.1 Å². The van der Waals surface area contributed by atoms with Gasteiger partial charge in [-0.2, -0.15) is 0 Å². The molecule has 0 radical (unpaired) electrons. The Morgan fingerprint density at radius 1 is 0.842 bits per heavy atom. The summed E-state index contributed by atoms with van der Waals surface area (Å²) < 4.78 is 5.18. The first kappa shape index (κ1) is 26.8. The van der Waals surface area contributed by atoms with Gasteiger partial charge in [0, 0.05) is 16.1 Å². The van der Waals surface area contributed by atoms with Crippen LogP contribution in [0.3, 0.4) is 0 Å². The highest BCUT2D eigenvalue weighted by molar-refractivity contribution is 8.00. The van der Waals surface area contributed by atoms with Crippen LogP contribution in [0.4, 0.5) is 11.4 Å². The molecule has 4 rings (SSSR count). The zero-order valence-electron chi connectivity index (χ0n) is 20.2. The van der Waals surface area contributed by atoms with Crippen LogP contribution < -0.4 is 15.4 Å². The van der Waals surface area contributed by atoms with Crippen LogP contribution in [0.2, 0.25) is 5.02 Å². The zero-order chi connectivity index (χ0) is 27.1. The monoisotopic (exact) mass is 546 g/mol. The van der Waals surface area contributed by atoms with Gasteiger partial charge in [-0.1, -0.05) is 48.0 Å². The maximum absolute atomic E-state index is 13.4. The second-order valence-corrected chi connectivity index (χ2v) is 9.69. The number of halogens is 1. The Morgan fingerprint density at radius 2 is 1.58 bits per heavy atom. The number of carbonyl (C=O) groups is 3. The van der Waals surface area contributed by atoms with E-state index >= 15 is 0 Å². The van der Waals surface area contributed by atoms with Crippen molar-refractivity contribution in [2.75, 3.05) is 17.7 Å². The molecule has 1 unspecified atom stereocenters. The lowest BCUT2D eigenvalue weighted by molar-refractivity contribution is -0.115. The van der Waals surface area contributed by atoms with Gasteiger partial charge in [0.15, 0.2) is 0 Å². The molecule has 0 aromatic heterocycles. The average molecular weight is 547 g/mol. The third-order valence-corrected chi connectivity index (χ3v) is 7.11. The molecule has 0 bridgehead atoms. The number of benzene rings is 4. The van der Waals surface area contributed by atoms with Gasteiger partial charge in [-0.15, -0.1) is 11.8 Å². The maximum atomic E-state index is 13.4. The van der Waals surface area contributed by atoms with E-state index in [1.54, 1.807) is 36.4 Å². The minimum absolute atomic E-state index is 0.0141. The van der Waals surface area contributed by atoms with Gasteiger partial charge in [0.2, 0.25) is 5.91 Å². The Labute approximate surface area is 228 Å². The molecule has 4 aromatic rings. The molecule has 3 N–H and O–H groups in total. The molecule has 0 aliphatic rings. The number of carboxylic acid groups (broad SMARTS) is 1. The van der Waals surface area contributed by atoms with Gasteiger partial charge in [-0.05, 0) is 66.2 Å². The molecule has 2 amide bonds. The predicted octanol–water partition coefficient (Wildman–Crippen LogP) is 6.77. The summed E-state index contributed by atoms with van der Waals surface area (Å²) >= 11 is 7.53. The average Bonchev–Trinajstić information content (AvgIpc) is 2.94. The van der Waals surface area contributed by atoms with E-state index in [0.29, 0.717) is 17.0 Å². The molecule has 38 heavy (non-hydrogen) atoms. The lowest BCUT2D eigenvalue weighted by atomic mass is 10.1. The Bertz CT molecular complexity index is 1460. The van der Waals surface area contributed by atoms with Gasteiger partial charge < -0.3 is 20.5 Å². The van der Waals surface area contributed by atoms with Crippen LogP contribution in [0.5, 0.6) is 5.75 Å². The lowest BCUT2D eigenvalue weighted by Crippen LogP contribution is -2.19. The first-order valence-corrected chi connectivity index (χ1v) is 12.7. The Balaban J connectivity index is 1.51. The number of thioether (sulfide) groups is 1. The largest absolute Gasteiger partial charge is 0.497 e. The summed E-state index contributed by atoms with van der Waals surface area (Å²) in [6, 6.07) is 27.4. The summed E-state index contributed by atoms with van der Waals surface area (Å²) in [6.07, 6.45) is 0. The highest BCUT2D eigenvalue weighted by atomic mass is 35.5. The zero-order valence-corrected chi connectivity index (χ0v) is 21.8. The highest BCUT2D eigenvalue weighted by Crippen LogP contribution is 2.37. The Hall–Kier alpha value is -4.27. The van der Waals surface area contributed by atoms with Crippen molar-refractivity contribution >= 4 is 52.5 Å². The van der Waals surface area contributed by atoms with Crippen LogP contribution in [0.25, 0.3) is 0 Å². The van der Waals surface area contributed by atoms with E-state index in [1.165, 1.54) is 37.1 Å². The van der Waals surface area contributed by atoms with E-state index in [4.69, 9.17) is 16.3 Å². The second-order valence-electron chi connectivity index (χ2n) is 8.11. The molecule has 0 spiro atoms. The SMILES string of the molecule is COc1cccc(C(=O)Nc2ccc(SC(C(=O)Nc3cc(C(=O)O)ccc3Cl)c3ccccc3)cc2)c1. The first-order chi connectivity index (χ1) is 18.3. The van der Waals surface area contributed by atoms with Gasteiger partial charge in [0.1, 0.15) is 11.0 Å². The molecule has 9 heteroatoms. The van der Waals surface area contributed by atoms with Crippen LogP contribution in [0.1, 0.15) is 31.5 Å². The second kappa shape index (κ2) is 12.3. The fourth-order valence-electron chi connectivity index (χ4n) is 3.57. The summed E-state index contributed by atoms with van der Waals surface area (Å²) in [7, 11) is 1.54. The van der Waals surface area contributed by atoms with E-state index in [2.05, 4.69) is 10.6 Å². The molecular formula is C29H23ClN2O5S. The lowest BCUT2D eigenvalue weighted by Gasteiger charge is -2.18. The van der Waals surface area contributed by atoms with Gasteiger partial charge in [0.05, 0.1) is 23.4 Å². The van der Waals surface area contributed by atoms with Gasteiger partial charge in [-0.25, -0.2) is 4.79 Å². The summed E-state index contributed by atoms with van der Waals surface area (Å²) in [6.45, 7) is 0. The van der Waals surface area contributed by atoms with Crippen molar-refractivity contribution in [1.82, 2.24) is 0 Å². The van der Waals surface area contributed by atoms with E-state index in [1.807, 2.05) is 42.5 Å². The summed E-state index contributed by atoms with van der Waals surface area (Å²) in [5.41, 5.74) is 2.05. The quantitative estimate of drug-likeness (QED) is 0.200. The van der Waals surface area contributed by atoms with Crippen molar-refractivity contribution in [1.29, 1.82) is 0 Å². The third-order valence-electron chi connectivity index (χ3n) is 5.51. The van der Waals surface area contributed by atoms with Crippen LogP contribution >= 0.6 is 23.4 Å². The summed E-state index contributed by atoms with van der Waals surface area (Å²) in [5, 5.41) is 14.5. The summed E-state index contributed by atoms with van der Waals surface area (Å²) in [5.74, 6) is -1.16. The van der Waals surface area contributed by atoms with E-state index in [-0.39, 0.29) is 28.1 Å². The molecule has 0 saturated carbocycles. The standard InChI is InChI=1S/C29H23ClN2O5S/c1-37-22-9-5-8-19(16-22)27(33)31-21-11-13-23(14-12-21)38-26(18-6-3-2-4-7-18)28(34)32-25-17-20(29(35)36)10-15-24(25)30/h2-17,26H,1H3,(H,31,33)(H,32,34)(H,35,36). The highest BCUT2D eigenvalue weighted by Gasteiger charge is 2.23. The molecule has 1 atom stereocenters. The van der Waals surface area contributed by atoms with Gasteiger partial charge >= 0.3 is 5.97 Å². The van der Waals surface area contributed by atoms with Crippen molar-refractivity contribution in [3.8, 4) is 5.75 Å². The minimum Gasteiger partial charge on any atom is -0.497 e. The number of methoxy groups -OCH3 is 1. The Kier molecular flexibility index (Phi) is 8.68.